The standard InChI is InChI=1S/C14H21FO/c1-3-4-5-6-7-8-16-14-10-12(2)9-13(15)11-14/h9-11H,3-8H2,1-2H3. The first-order valence-corrected chi connectivity index (χ1v) is 6.12. The predicted molar refractivity (Wildman–Crippen MR) is 65.4 cm³/mol. The van der Waals surface area contributed by atoms with Gasteiger partial charge in [-0.1, -0.05) is 32.6 Å². The second kappa shape index (κ2) is 7.26. The minimum Gasteiger partial charge on any atom is -0.493 e. The van der Waals surface area contributed by atoms with Gasteiger partial charge < -0.3 is 4.74 Å². The molecule has 0 fully saturated rings. The Labute approximate surface area is 97.6 Å². The SMILES string of the molecule is CCCCCCCOc1cc(C)cc(F)c1. The molecule has 0 atom stereocenters. The number of rotatable bonds is 7. The monoisotopic (exact) mass is 224 g/mol. The van der Waals surface area contributed by atoms with E-state index in [1.165, 1.54) is 37.8 Å². The number of hydrogen-bond donors (Lipinski definition) is 0. The van der Waals surface area contributed by atoms with Crippen molar-refractivity contribution in [2.75, 3.05) is 6.61 Å². The molecule has 1 aromatic carbocycles. The van der Waals surface area contributed by atoms with Crippen LogP contribution in [0.15, 0.2) is 18.2 Å². The molecule has 0 aliphatic heterocycles. The number of aryl methyl sites for hydroxylation is 1. The summed E-state index contributed by atoms with van der Waals surface area (Å²) >= 11 is 0. The van der Waals surface area contributed by atoms with Crippen LogP contribution in [0.3, 0.4) is 0 Å². The summed E-state index contributed by atoms with van der Waals surface area (Å²) in [6.07, 6.45) is 6.06. The van der Waals surface area contributed by atoms with Gasteiger partial charge in [-0.15, -0.1) is 0 Å². The molecule has 2 heteroatoms. The number of unbranched alkanes of at least 4 members (excludes halogenated alkanes) is 4. The van der Waals surface area contributed by atoms with Gasteiger partial charge in [-0.3, -0.25) is 0 Å². The fraction of sp³-hybridized carbons (Fsp3) is 0.571. The largest absolute Gasteiger partial charge is 0.493 e. The van der Waals surface area contributed by atoms with Gasteiger partial charge in [0.2, 0.25) is 0 Å². The summed E-state index contributed by atoms with van der Waals surface area (Å²) < 4.78 is 18.5. The topological polar surface area (TPSA) is 9.23 Å². The highest BCUT2D eigenvalue weighted by atomic mass is 19.1. The lowest BCUT2D eigenvalue weighted by Crippen LogP contribution is -1.98. The molecule has 0 saturated heterocycles. The van der Waals surface area contributed by atoms with E-state index in [1.807, 2.05) is 13.0 Å². The summed E-state index contributed by atoms with van der Waals surface area (Å²) in [4.78, 5) is 0. The van der Waals surface area contributed by atoms with E-state index in [-0.39, 0.29) is 5.82 Å². The van der Waals surface area contributed by atoms with Crippen LogP contribution in [-0.2, 0) is 0 Å². The maximum atomic E-state index is 13.0. The fourth-order valence-electron chi connectivity index (χ4n) is 1.68. The van der Waals surface area contributed by atoms with Crippen molar-refractivity contribution in [2.24, 2.45) is 0 Å². The first-order valence-electron chi connectivity index (χ1n) is 6.12. The van der Waals surface area contributed by atoms with Crippen LogP contribution in [0, 0.1) is 12.7 Å². The summed E-state index contributed by atoms with van der Waals surface area (Å²) in [5, 5.41) is 0. The first-order chi connectivity index (χ1) is 7.72. The third-order valence-corrected chi connectivity index (χ3v) is 2.53. The molecule has 0 amide bonds. The summed E-state index contributed by atoms with van der Waals surface area (Å²) in [6, 6.07) is 4.82. The quantitative estimate of drug-likeness (QED) is 0.620. The Morgan fingerprint density at radius 1 is 1.06 bits per heavy atom. The van der Waals surface area contributed by atoms with Crippen molar-refractivity contribution in [3.05, 3.63) is 29.6 Å². The third-order valence-electron chi connectivity index (χ3n) is 2.53. The Balaban J connectivity index is 2.21. The van der Waals surface area contributed by atoms with Gasteiger partial charge in [0.25, 0.3) is 0 Å². The zero-order valence-electron chi connectivity index (χ0n) is 10.3. The maximum Gasteiger partial charge on any atom is 0.127 e. The Hall–Kier alpha value is -1.05. The molecular formula is C14H21FO. The first kappa shape index (κ1) is 13.0. The molecular weight excluding hydrogens is 203 g/mol. The normalized spacial score (nSPS) is 10.4. The Kier molecular flexibility index (Phi) is 5.91. The fourth-order valence-corrected chi connectivity index (χ4v) is 1.68. The van der Waals surface area contributed by atoms with Gasteiger partial charge in [0, 0.05) is 6.07 Å². The lowest BCUT2D eigenvalue weighted by molar-refractivity contribution is 0.303. The molecule has 1 nitrogen and oxygen atoms in total. The van der Waals surface area contributed by atoms with Crippen LogP contribution < -0.4 is 4.74 Å². The second-order valence-corrected chi connectivity index (χ2v) is 4.23. The summed E-state index contributed by atoms with van der Waals surface area (Å²) in [5.74, 6) is 0.425. The zero-order chi connectivity index (χ0) is 11.8. The van der Waals surface area contributed by atoms with E-state index in [9.17, 15) is 4.39 Å². The molecule has 0 saturated carbocycles. The molecule has 16 heavy (non-hydrogen) atoms. The van der Waals surface area contributed by atoms with Gasteiger partial charge in [-0.2, -0.15) is 0 Å². The van der Waals surface area contributed by atoms with Crippen LogP contribution in [0.2, 0.25) is 0 Å². The summed E-state index contributed by atoms with van der Waals surface area (Å²) in [5.41, 5.74) is 0.904. The molecule has 0 heterocycles. The number of benzene rings is 1. The minimum atomic E-state index is -0.221. The van der Waals surface area contributed by atoms with Crippen LogP contribution in [0.1, 0.15) is 44.6 Å². The van der Waals surface area contributed by atoms with E-state index in [2.05, 4.69) is 6.92 Å². The van der Waals surface area contributed by atoms with Gasteiger partial charge in [0.1, 0.15) is 11.6 Å². The lowest BCUT2D eigenvalue weighted by atomic mass is 10.2. The average Bonchev–Trinajstić information content (AvgIpc) is 2.22. The zero-order valence-corrected chi connectivity index (χ0v) is 10.3. The van der Waals surface area contributed by atoms with E-state index in [1.54, 1.807) is 0 Å². The van der Waals surface area contributed by atoms with Gasteiger partial charge >= 0.3 is 0 Å². The van der Waals surface area contributed by atoms with Crippen molar-refractivity contribution < 1.29 is 9.13 Å². The smallest absolute Gasteiger partial charge is 0.127 e. The van der Waals surface area contributed by atoms with E-state index in [0.717, 1.165) is 12.0 Å². The molecule has 0 radical (unpaired) electrons. The molecule has 0 aromatic heterocycles. The lowest BCUT2D eigenvalue weighted by Gasteiger charge is -2.07. The van der Waals surface area contributed by atoms with E-state index in [0.29, 0.717) is 12.4 Å². The van der Waals surface area contributed by atoms with Gasteiger partial charge in [0.15, 0.2) is 0 Å². The second-order valence-electron chi connectivity index (χ2n) is 4.23. The molecule has 0 aliphatic rings. The molecule has 0 aliphatic carbocycles. The Bertz CT molecular complexity index is 289. The average molecular weight is 224 g/mol. The van der Waals surface area contributed by atoms with Crippen molar-refractivity contribution in [2.45, 2.75) is 46.0 Å². The highest BCUT2D eigenvalue weighted by Crippen LogP contribution is 2.16. The van der Waals surface area contributed by atoms with Gasteiger partial charge in [-0.05, 0) is 31.0 Å². The third kappa shape index (κ3) is 5.15. The van der Waals surface area contributed by atoms with Crippen molar-refractivity contribution in [3.8, 4) is 5.75 Å². The van der Waals surface area contributed by atoms with Crippen molar-refractivity contribution in [3.63, 3.8) is 0 Å². The van der Waals surface area contributed by atoms with Crippen LogP contribution in [0.25, 0.3) is 0 Å². The van der Waals surface area contributed by atoms with Crippen molar-refractivity contribution >= 4 is 0 Å². The van der Waals surface area contributed by atoms with Crippen molar-refractivity contribution in [1.29, 1.82) is 0 Å². The molecule has 1 rings (SSSR count). The van der Waals surface area contributed by atoms with Crippen LogP contribution in [-0.4, -0.2) is 6.61 Å². The maximum absolute atomic E-state index is 13.0. The molecule has 90 valence electrons. The molecule has 0 bridgehead atoms. The number of halogens is 1. The van der Waals surface area contributed by atoms with E-state index < -0.39 is 0 Å². The highest BCUT2D eigenvalue weighted by Gasteiger charge is 1.98. The Morgan fingerprint density at radius 3 is 2.50 bits per heavy atom. The number of ether oxygens (including phenoxy) is 1. The minimum absolute atomic E-state index is 0.221. The van der Waals surface area contributed by atoms with E-state index in [4.69, 9.17) is 4.74 Å². The predicted octanol–water partition coefficient (Wildman–Crippen LogP) is 4.48. The van der Waals surface area contributed by atoms with E-state index >= 15 is 0 Å². The Morgan fingerprint density at radius 2 is 1.81 bits per heavy atom. The van der Waals surface area contributed by atoms with Crippen LogP contribution in [0.5, 0.6) is 5.75 Å². The highest BCUT2D eigenvalue weighted by molar-refractivity contribution is 5.28. The number of hydrogen-bond acceptors (Lipinski definition) is 1. The molecule has 0 N–H and O–H groups in total. The van der Waals surface area contributed by atoms with Crippen molar-refractivity contribution in [1.82, 2.24) is 0 Å². The molecule has 1 aromatic rings. The van der Waals surface area contributed by atoms with Gasteiger partial charge in [-0.25, -0.2) is 4.39 Å². The van der Waals surface area contributed by atoms with Gasteiger partial charge in [0.05, 0.1) is 6.61 Å². The molecule has 0 unspecified atom stereocenters. The summed E-state index contributed by atoms with van der Waals surface area (Å²) in [7, 11) is 0. The van der Waals surface area contributed by atoms with Crippen LogP contribution >= 0.6 is 0 Å². The van der Waals surface area contributed by atoms with Crippen LogP contribution in [0.4, 0.5) is 4.39 Å². The summed E-state index contributed by atoms with van der Waals surface area (Å²) in [6.45, 7) is 4.76. The molecule has 0 spiro atoms.